The van der Waals surface area contributed by atoms with E-state index in [9.17, 15) is 0 Å². The molecule has 0 saturated carbocycles. The lowest BCUT2D eigenvalue weighted by molar-refractivity contribution is 0.617. The van der Waals surface area contributed by atoms with Crippen molar-refractivity contribution in [3.63, 3.8) is 0 Å². The lowest BCUT2D eigenvalue weighted by atomic mass is 10.1. The summed E-state index contributed by atoms with van der Waals surface area (Å²) in [5.74, 6) is 1.29. The van der Waals surface area contributed by atoms with Crippen LogP contribution in [0.1, 0.15) is 19.8 Å². The average molecular weight is 274 g/mol. The van der Waals surface area contributed by atoms with Crippen LogP contribution in [-0.2, 0) is 0 Å². The van der Waals surface area contributed by atoms with Crippen LogP contribution >= 0.6 is 11.8 Å². The molecule has 1 saturated heterocycles. The third kappa shape index (κ3) is 2.92. The van der Waals surface area contributed by atoms with Gasteiger partial charge in [0.2, 0.25) is 0 Å². The molecule has 4 nitrogen and oxygen atoms in total. The Morgan fingerprint density at radius 1 is 1.32 bits per heavy atom. The average Bonchev–Trinajstić information content (AvgIpc) is 2.96. The van der Waals surface area contributed by atoms with E-state index in [0.29, 0.717) is 11.3 Å². The van der Waals surface area contributed by atoms with Gasteiger partial charge in [0, 0.05) is 17.0 Å². The van der Waals surface area contributed by atoms with E-state index in [-0.39, 0.29) is 0 Å². The second-order valence-electron chi connectivity index (χ2n) is 4.89. The molecule has 1 aromatic heterocycles. The van der Waals surface area contributed by atoms with Crippen molar-refractivity contribution >= 4 is 17.4 Å². The van der Waals surface area contributed by atoms with Crippen LogP contribution in [0.15, 0.2) is 36.9 Å². The molecule has 2 atom stereocenters. The topological polar surface area (TPSA) is 42.7 Å². The van der Waals surface area contributed by atoms with E-state index in [1.165, 1.54) is 24.3 Å². The minimum Gasteiger partial charge on any atom is -0.381 e. The van der Waals surface area contributed by atoms with Gasteiger partial charge in [0.25, 0.3) is 0 Å². The highest BCUT2D eigenvalue weighted by Crippen LogP contribution is 2.28. The molecular weight excluding hydrogens is 256 g/mol. The van der Waals surface area contributed by atoms with Crippen LogP contribution in [0.4, 0.5) is 5.69 Å². The highest BCUT2D eigenvalue weighted by Gasteiger charge is 2.21. The first kappa shape index (κ1) is 12.5. The SMILES string of the molecule is CC1SCCCC1Nc1cccc(-n2cnnc2)c1. The van der Waals surface area contributed by atoms with Gasteiger partial charge in [-0.05, 0) is 36.8 Å². The van der Waals surface area contributed by atoms with E-state index in [4.69, 9.17) is 0 Å². The number of nitrogens with zero attached hydrogens (tertiary/aromatic N) is 3. The molecule has 1 fully saturated rings. The van der Waals surface area contributed by atoms with Gasteiger partial charge >= 0.3 is 0 Å². The second-order valence-corrected chi connectivity index (χ2v) is 6.37. The van der Waals surface area contributed by atoms with E-state index < -0.39 is 0 Å². The highest BCUT2D eigenvalue weighted by atomic mass is 32.2. The molecule has 0 spiro atoms. The lowest BCUT2D eigenvalue weighted by Crippen LogP contribution is -2.32. The Hall–Kier alpha value is -1.49. The predicted molar refractivity (Wildman–Crippen MR) is 79.9 cm³/mol. The molecule has 0 radical (unpaired) electrons. The molecule has 2 aromatic rings. The molecule has 0 bridgehead atoms. The molecule has 1 N–H and O–H groups in total. The summed E-state index contributed by atoms with van der Waals surface area (Å²) >= 11 is 2.06. The molecule has 3 rings (SSSR count). The Balaban J connectivity index is 1.76. The molecule has 1 aromatic carbocycles. The number of hydrogen-bond donors (Lipinski definition) is 1. The fourth-order valence-corrected chi connectivity index (χ4v) is 3.56. The van der Waals surface area contributed by atoms with Crippen LogP contribution in [0.2, 0.25) is 0 Å². The number of thioether (sulfide) groups is 1. The van der Waals surface area contributed by atoms with Gasteiger partial charge in [-0.1, -0.05) is 13.0 Å². The summed E-state index contributed by atoms with van der Waals surface area (Å²) < 4.78 is 1.92. The first-order valence-corrected chi connectivity index (χ1v) is 7.71. The standard InChI is InChI=1S/C14H18N4S/c1-11-14(6-3-7-19-11)17-12-4-2-5-13(8-12)18-9-15-16-10-18/h2,4-5,8-11,14,17H,3,6-7H2,1H3. The maximum atomic E-state index is 3.85. The monoisotopic (exact) mass is 274 g/mol. The van der Waals surface area contributed by atoms with Gasteiger partial charge in [-0.2, -0.15) is 11.8 Å². The zero-order valence-electron chi connectivity index (χ0n) is 11.0. The van der Waals surface area contributed by atoms with E-state index >= 15 is 0 Å². The Morgan fingerprint density at radius 3 is 2.95 bits per heavy atom. The fourth-order valence-electron chi connectivity index (χ4n) is 2.42. The molecular formula is C14H18N4S. The van der Waals surface area contributed by atoms with E-state index in [1.54, 1.807) is 12.7 Å². The summed E-state index contributed by atoms with van der Waals surface area (Å²) in [6.45, 7) is 2.31. The number of benzene rings is 1. The zero-order valence-corrected chi connectivity index (χ0v) is 11.8. The molecule has 1 aliphatic heterocycles. The summed E-state index contributed by atoms with van der Waals surface area (Å²) in [5.41, 5.74) is 2.26. The second kappa shape index (κ2) is 5.65. The van der Waals surface area contributed by atoms with Crippen molar-refractivity contribution in [2.45, 2.75) is 31.1 Å². The normalized spacial score (nSPS) is 23.2. The predicted octanol–water partition coefficient (Wildman–Crippen LogP) is 2.96. The van der Waals surface area contributed by atoms with Crippen LogP contribution in [0, 0.1) is 0 Å². The maximum Gasteiger partial charge on any atom is 0.123 e. The molecule has 2 unspecified atom stereocenters. The summed E-state index contributed by atoms with van der Waals surface area (Å²) in [5, 5.41) is 12.0. The van der Waals surface area contributed by atoms with Crippen molar-refractivity contribution in [3.8, 4) is 5.69 Å². The number of rotatable bonds is 3. The van der Waals surface area contributed by atoms with Crippen molar-refractivity contribution < 1.29 is 0 Å². The molecule has 5 heteroatoms. The van der Waals surface area contributed by atoms with Crippen LogP contribution in [0.3, 0.4) is 0 Å². The maximum absolute atomic E-state index is 3.85. The van der Waals surface area contributed by atoms with Crippen molar-refractivity contribution in [3.05, 3.63) is 36.9 Å². The van der Waals surface area contributed by atoms with Gasteiger partial charge in [0.15, 0.2) is 0 Å². The Bertz CT molecular complexity index is 526. The van der Waals surface area contributed by atoms with Crippen molar-refractivity contribution in [2.75, 3.05) is 11.1 Å². The van der Waals surface area contributed by atoms with Crippen LogP contribution in [0.25, 0.3) is 5.69 Å². The van der Waals surface area contributed by atoms with Gasteiger partial charge < -0.3 is 5.32 Å². The molecule has 0 amide bonds. The summed E-state index contributed by atoms with van der Waals surface area (Å²) in [6, 6.07) is 8.97. The number of hydrogen-bond acceptors (Lipinski definition) is 4. The first-order chi connectivity index (χ1) is 9.33. The zero-order chi connectivity index (χ0) is 13.1. The van der Waals surface area contributed by atoms with Crippen LogP contribution in [-0.4, -0.2) is 31.8 Å². The fraction of sp³-hybridized carbons (Fsp3) is 0.429. The summed E-state index contributed by atoms with van der Waals surface area (Å²) in [7, 11) is 0. The number of anilines is 1. The summed E-state index contributed by atoms with van der Waals surface area (Å²) in [6.07, 6.45) is 6.00. The Labute approximate surface area is 117 Å². The van der Waals surface area contributed by atoms with Gasteiger partial charge in [-0.15, -0.1) is 10.2 Å². The van der Waals surface area contributed by atoms with Crippen molar-refractivity contribution in [1.82, 2.24) is 14.8 Å². The third-order valence-electron chi connectivity index (χ3n) is 3.52. The van der Waals surface area contributed by atoms with Gasteiger partial charge in [-0.25, -0.2) is 0 Å². The third-order valence-corrected chi connectivity index (χ3v) is 4.90. The largest absolute Gasteiger partial charge is 0.381 e. The summed E-state index contributed by atoms with van der Waals surface area (Å²) in [4.78, 5) is 0. The van der Waals surface area contributed by atoms with E-state index in [0.717, 1.165) is 5.69 Å². The Kier molecular flexibility index (Phi) is 3.73. The molecule has 0 aliphatic carbocycles. The molecule has 19 heavy (non-hydrogen) atoms. The van der Waals surface area contributed by atoms with E-state index in [2.05, 4.69) is 58.5 Å². The lowest BCUT2D eigenvalue weighted by Gasteiger charge is -2.30. The first-order valence-electron chi connectivity index (χ1n) is 6.66. The Morgan fingerprint density at radius 2 is 2.16 bits per heavy atom. The van der Waals surface area contributed by atoms with E-state index in [1.807, 2.05) is 4.57 Å². The van der Waals surface area contributed by atoms with Gasteiger partial charge in [-0.3, -0.25) is 4.57 Å². The smallest absolute Gasteiger partial charge is 0.123 e. The van der Waals surface area contributed by atoms with Gasteiger partial charge in [0.1, 0.15) is 12.7 Å². The number of nitrogens with one attached hydrogen (secondary N) is 1. The molecule has 2 heterocycles. The highest BCUT2D eigenvalue weighted by molar-refractivity contribution is 8.00. The quantitative estimate of drug-likeness (QED) is 0.934. The molecule has 100 valence electrons. The van der Waals surface area contributed by atoms with Crippen molar-refractivity contribution in [1.29, 1.82) is 0 Å². The van der Waals surface area contributed by atoms with Crippen LogP contribution in [0.5, 0.6) is 0 Å². The van der Waals surface area contributed by atoms with Crippen molar-refractivity contribution in [2.24, 2.45) is 0 Å². The minimum absolute atomic E-state index is 0.565. The minimum atomic E-state index is 0.565. The van der Waals surface area contributed by atoms with Crippen LogP contribution < -0.4 is 5.32 Å². The number of aromatic nitrogens is 3. The van der Waals surface area contributed by atoms with Gasteiger partial charge in [0.05, 0.1) is 5.69 Å². The molecule has 1 aliphatic rings.